The maximum Gasteiger partial charge on any atom is 0.291 e. The van der Waals surface area contributed by atoms with Crippen molar-refractivity contribution in [1.29, 1.82) is 0 Å². The van der Waals surface area contributed by atoms with E-state index in [0.29, 0.717) is 12.2 Å². The van der Waals surface area contributed by atoms with Gasteiger partial charge in [0.25, 0.3) is 5.91 Å². The Bertz CT molecular complexity index is 758. The SMILES string of the molecule is Cc1ccc(NC(=O)c2ccc(Cc3ccccc3)o2)cc1. The van der Waals surface area contributed by atoms with E-state index in [9.17, 15) is 4.79 Å². The quantitative estimate of drug-likeness (QED) is 0.772. The van der Waals surface area contributed by atoms with Crippen LogP contribution in [0.3, 0.4) is 0 Å². The van der Waals surface area contributed by atoms with E-state index in [0.717, 1.165) is 22.6 Å². The highest BCUT2D eigenvalue weighted by Crippen LogP contribution is 2.15. The number of benzene rings is 2. The van der Waals surface area contributed by atoms with Crippen LogP contribution in [0.1, 0.15) is 27.4 Å². The Hall–Kier alpha value is -2.81. The summed E-state index contributed by atoms with van der Waals surface area (Å²) in [6.07, 6.45) is 0.679. The molecular weight excluding hydrogens is 274 g/mol. The number of hydrogen-bond acceptors (Lipinski definition) is 2. The first kappa shape index (κ1) is 14.1. The monoisotopic (exact) mass is 291 g/mol. The van der Waals surface area contributed by atoms with Crippen molar-refractivity contribution in [3.8, 4) is 0 Å². The fourth-order valence-electron chi connectivity index (χ4n) is 2.22. The summed E-state index contributed by atoms with van der Waals surface area (Å²) in [6, 6.07) is 21.2. The van der Waals surface area contributed by atoms with E-state index in [4.69, 9.17) is 4.42 Å². The zero-order valence-electron chi connectivity index (χ0n) is 12.4. The minimum absolute atomic E-state index is 0.233. The molecule has 0 aliphatic heterocycles. The Morgan fingerprint density at radius 1 is 0.955 bits per heavy atom. The lowest BCUT2D eigenvalue weighted by Gasteiger charge is -2.03. The molecule has 0 aliphatic carbocycles. The standard InChI is InChI=1S/C19H17NO2/c1-14-7-9-16(10-8-14)20-19(21)18-12-11-17(22-18)13-15-5-3-2-4-6-15/h2-12H,13H2,1H3,(H,20,21). The number of hydrogen-bond donors (Lipinski definition) is 1. The first-order valence-corrected chi connectivity index (χ1v) is 7.21. The molecule has 1 heterocycles. The van der Waals surface area contributed by atoms with Crippen LogP contribution in [-0.4, -0.2) is 5.91 Å². The number of aryl methyl sites for hydroxylation is 1. The number of nitrogens with one attached hydrogen (secondary N) is 1. The molecule has 0 spiro atoms. The van der Waals surface area contributed by atoms with Crippen molar-refractivity contribution in [3.05, 3.63) is 89.4 Å². The third-order valence-corrected chi connectivity index (χ3v) is 3.42. The molecule has 3 heteroatoms. The van der Waals surface area contributed by atoms with E-state index in [1.807, 2.05) is 67.6 Å². The minimum atomic E-state index is -0.233. The van der Waals surface area contributed by atoms with Crippen molar-refractivity contribution in [2.45, 2.75) is 13.3 Å². The Kier molecular flexibility index (Phi) is 4.05. The predicted octanol–water partition coefficient (Wildman–Crippen LogP) is 4.43. The summed E-state index contributed by atoms with van der Waals surface area (Å²) in [7, 11) is 0. The molecule has 1 amide bonds. The molecule has 1 N–H and O–H groups in total. The number of anilines is 1. The molecule has 0 atom stereocenters. The van der Waals surface area contributed by atoms with Gasteiger partial charge in [0, 0.05) is 12.1 Å². The van der Waals surface area contributed by atoms with Gasteiger partial charge in [0.1, 0.15) is 5.76 Å². The van der Waals surface area contributed by atoms with E-state index in [2.05, 4.69) is 5.32 Å². The van der Waals surface area contributed by atoms with Crippen molar-refractivity contribution in [2.24, 2.45) is 0 Å². The molecule has 3 nitrogen and oxygen atoms in total. The Labute approximate surface area is 129 Å². The third kappa shape index (κ3) is 3.44. The van der Waals surface area contributed by atoms with Crippen molar-refractivity contribution in [1.82, 2.24) is 0 Å². The van der Waals surface area contributed by atoms with Gasteiger partial charge >= 0.3 is 0 Å². The van der Waals surface area contributed by atoms with Crippen LogP contribution < -0.4 is 5.32 Å². The summed E-state index contributed by atoms with van der Waals surface area (Å²) in [6.45, 7) is 2.01. The van der Waals surface area contributed by atoms with Gasteiger partial charge in [-0.15, -0.1) is 0 Å². The predicted molar refractivity (Wildman–Crippen MR) is 87.1 cm³/mol. The largest absolute Gasteiger partial charge is 0.456 e. The highest BCUT2D eigenvalue weighted by Gasteiger charge is 2.11. The first-order chi connectivity index (χ1) is 10.7. The second-order valence-corrected chi connectivity index (χ2v) is 5.25. The molecule has 110 valence electrons. The van der Waals surface area contributed by atoms with Crippen LogP contribution in [0.5, 0.6) is 0 Å². The van der Waals surface area contributed by atoms with Gasteiger partial charge < -0.3 is 9.73 Å². The Balaban J connectivity index is 1.67. The number of amides is 1. The molecule has 1 aromatic heterocycles. The van der Waals surface area contributed by atoms with Gasteiger partial charge in [0.05, 0.1) is 0 Å². The molecule has 0 unspecified atom stereocenters. The number of carbonyl (C=O) groups excluding carboxylic acids is 1. The summed E-state index contributed by atoms with van der Waals surface area (Å²) in [5.41, 5.74) is 3.07. The molecule has 0 aliphatic rings. The molecule has 22 heavy (non-hydrogen) atoms. The van der Waals surface area contributed by atoms with E-state index in [1.54, 1.807) is 6.07 Å². The number of furan rings is 1. The summed E-state index contributed by atoms with van der Waals surface area (Å²) >= 11 is 0. The molecule has 0 saturated carbocycles. The summed E-state index contributed by atoms with van der Waals surface area (Å²) in [5, 5.41) is 2.83. The topological polar surface area (TPSA) is 42.2 Å². The summed E-state index contributed by atoms with van der Waals surface area (Å²) < 4.78 is 5.63. The second-order valence-electron chi connectivity index (χ2n) is 5.25. The number of rotatable bonds is 4. The van der Waals surface area contributed by atoms with Crippen LogP contribution >= 0.6 is 0 Å². The van der Waals surface area contributed by atoms with E-state index in [1.165, 1.54) is 0 Å². The molecule has 0 fully saturated rings. The van der Waals surface area contributed by atoms with Crippen LogP contribution in [0, 0.1) is 6.92 Å². The lowest BCUT2D eigenvalue weighted by molar-refractivity contribution is 0.0995. The smallest absolute Gasteiger partial charge is 0.291 e. The molecule has 0 radical (unpaired) electrons. The maximum atomic E-state index is 12.2. The third-order valence-electron chi connectivity index (χ3n) is 3.42. The van der Waals surface area contributed by atoms with Crippen molar-refractivity contribution >= 4 is 11.6 Å². The highest BCUT2D eigenvalue weighted by atomic mass is 16.3. The summed E-state index contributed by atoms with van der Waals surface area (Å²) in [4.78, 5) is 12.2. The highest BCUT2D eigenvalue weighted by molar-refractivity contribution is 6.02. The van der Waals surface area contributed by atoms with Crippen molar-refractivity contribution < 1.29 is 9.21 Å². The van der Waals surface area contributed by atoms with E-state index < -0.39 is 0 Å². The Morgan fingerprint density at radius 3 is 2.41 bits per heavy atom. The molecular formula is C19H17NO2. The van der Waals surface area contributed by atoms with Gasteiger partial charge in [0.2, 0.25) is 0 Å². The van der Waals surface area contributed by atoms with Crippen LogP contribution in [0.25, 0.3) is 0 Å². The summed E-state index contributed by atoms with van der Waals surface area (Å²) in [5.74, 6) is 0.870. The fourth-order valence-corrected chi connectivity index (χ4v) is 2.22. The van der Waals surface area contributed by atoms with Gasteiger partial charge in [-0.25, -0.2) is 0 Å². The van der Waals surface area contributed by atoms with Gasteiger partial charge in [-0.2, -0.15) is 0 Å². The normalized spacial score (nSPS) is 10.4. The van der Waals surface area contributed by atoms with Crippen molar-refractivity contribution in [2.75, 3.05) is 5.32 Å². The van der Waals surface area contributed by atoms with Crippen LogP contribution in [0.15, 0.2) is 71.1 Å². The number of carbonyl (C=O) groups is 1. The van der Waals surface area contributed by atoms with Gasteiger partial charge in [-0.05, 0) is 36.8 Å². The lowest BCUT2D eigenvalue weighted by Crippen LogP contribution is -2.10. The zero-order valence-corrected chi connectivity index (χ0v) is 12.4. The first-order valence-electron chi connectivity index (χ1n) is 7.21. The zero-order chi connectivity index (χ0) is 15.4. The van der Waals surface area contributed by atoms with Gasteiger partial charge in [-0.1, -0.05) is 48.0 Å². The molecule has 3 rings (SSSR count). The van der Waals surface area contributed by atoms with Crippen LogP contribution in [0.4, 0.5) is 5.69 Å². The Morgan fingerprint density at radius 2 is 1.68 bits per heavy atom. The molecule has 0 bridgehead atoms. The minimum Gasteiger partial charge on any atom is -0.456 e. The van der Waals surface area contributed by atoms with Gasteiger partial charge in [-0.3, -0.25) is 4.79 Å². The average molecular weight is 291 g/mol. The van der Waals surface area contributed by atoms with Crippen molar-refractivity contribution in [3.63, 3.8) is 0 Å². The second kappa shape index (κ2) is 6.31. The fraction of sp³-hybridized carbons (Fsp3) is 0.105. The average Bonchev–Trinajstić information content (AvgIpc) is 2.99. The van der Waals surface area contributed by atoms with E-state index >= 15 is 0 Å². The van der Waals surface area contributed by atoms with Gasteiger partial charge in [0.15, 0.2) is 5.76 Å². The molecule has 2 aromatic carbocycles. The van der Waals surface area contributed by atoms with Crippen LogP contribution in [0.2, 0.25) is 0 Å². The lowest BCUT2D eigenvalue weighted by atomic mass is 10.1. The maximum absolute atomic E-state index is 12.2. The van der Waals surface area contributed by atoms with E-state index in [-0.39, 0.29) is 5.91 Å². The van der Waals surface area contributed by atoms with Crippen LogP contribution in [-0.2, 0) is 6.42 Å². The molecule has 3 aromatic rings. The molecule has 0 saturated heterocycles.